The highest BCUT2D eigenvalue weighted by Gasteiger charge is 2.32. The third-order valence-corrected chi connectivity index (χ3v) is 7.09. The van der Waals surface area contributed by atoms with Crippen LogP contribution in [-0.2, 0) is 4.79 Å². The highest BCUT2D eigenvalue weighted by atomic mass is 32.2. The highest BCUT2D eigenvalue weighted by Crippen LogP contribution is 2.35. The van der Waals surface area contributed by atoms with Gasteiger partial charge in [-0.2, -0.15) is 8.78 Å². The third kappa shape index (κ3) is 7.55. The van der Waals surface area contributed by atoms with E-state index in [0.29, 0.717) is 29.4 Å². The Hall–Kier alpha value is -1.65. The number of carboxylic acid groups (broad SMARTS) is 1. The van der Waals surface area contributed by atoms with Crippen LogP contribution in [0.25, 0.3) is 0 Å². The molecule has 0 amide bonds. The number of carboxylic acids is 1. The predicted molar refractivity (Wildman–Crippen MR) is 110 cm³/mol. The number of carbonyl (C=O) groups is 2. The lowest BCUT2D eigenvalue weighted by Gasteiger charge is -2.21. The van der Waals surface area contributed by atoms with Gasteiger partial charge in [0.25, 0.3) is 0 Å². The largest absolute Gasteiger partial charge is 0.476 e. The molecule has 0 spiro atoms. The number of Topliss-reactive ketones (excluding diaryl/α,β-unsaturated/α-hetero) is 1. The molecule has 0 bridgehead atoms. The van der Waals surface area contributed by atoms with Gasteiger partial charge in [0.05, 0.1) is 5.60 Å². The van der Waals surface area contributed by atoms with Crippen molar-refractivity contribution in [2.24, 2.45) is 11.8 Å². The molecule has 2 N–H and O–H groups in total. The van der Waals surface area contributed by atoms with E-state index in [0.717, 1.165) is 0 Å². The van der Waals surface area contributed by atoms with Gasteiger partial charge in [-0.3, -0.25) is 4.79 Å². The molecule has 1 aliphatic rings. The van der Waals surface area contributed by atoms with Crippen LogP contribution in [0.15, 0.2) is 33.8 Å². The number of thioether (sulfide) groups is 1. The average molecular weight is 464 g/mol. The SMILES string of the molecule is C[C@@](O)(CC=CC1CCC(=O)[C@H]1CCSc1nc(C(=O)O)cs1)CCC(F)=C(F)F. The van der Waals surface area contributed by atoms with Crippen LogP contribution in [0.1, 0.15) is 55.9 Å². The predicted octanol–water partition coefficient (Wildman–Crippen LogP) is 5.47. The lowest BCUT2D eigenvalue weighted by atomic mass is 9.90. The fraction of sp³-hybridized carbons (Fsp3) is 0.550. The van der Waals surface area contributed by atoms with Crippen molar-refractivity contribution in [3.8, 4) is 0 Å². The van der Waals surface area contributed by atoms with Gasteiger partial charge in [0.2, 0.25) is 0 Å². The number of carbonyl (C=O) groups excluding carboxylic acids is 1. The van der Waals surface area contributed by atoms with Gasteiger partial charge < -0.3 is 10.2 Å². The summed E-state index contributed by atoms with van der Waals surface area (Å²) in [6, 6.07) is 0. The minimum absolute atomic E-state index is 0.0110. The first-order valence-electron chi connectivity index (χ1n) is 9.52. The Morgan fingerprint density at radius 3 is 2.80 bits per heavy atom. The van der Waals surface area contributed by atoms with E-state index in [-0.39, 0.29) is 36.2 Å². The number of nitrogens with zero attached hydrogens (tertiary/aromatic N) is 1. The molecule has 1 aliphatic carbocycles. The Balaban J connectivity index is 1.83. The van der Waals surface area contributed by atoms with E-state index in [9.17, 15) is 27.9 Å². The zero-order valence-electron chi connectivity index (χ0n) is 16.4. The second-order valence-corrected chi connectivity index (χ2v) is 9.71. The Morgan fingerprint density at radius 1 is 1.43 bits per heavy atom. The number of hydrogen-bond acceptors (Lipinski definition) is 6. The number of thiazole rings is 1. The molecule has 10 heteroatoms. The van der Waals surface area contributed by atoms with Gasteiger partial charge in [0, 0.05) is 29.9 Å². The lowest BCUT2D eigenvalue weighted by Crippen LogP contribution is -2.23. The van der Waals surface area contributed by atoms with Crippen LogP contribution in [0.2, 0.25) is 0 Å². The fourth-order valence-corrected chi connectivity index (χ4v) is 5.20. The molecule has 1 heterocycles. The van der Waals surface area contributed by atoms with Gasteiger partial charge >= 0.3 is 12.0 Å². The molecule has 0 radical (unpaired) electrons. The highest BCUT2D eigenvalue weighted by molar-refractivity contribution is 8.01. The molecular weight excluding hydrogens is 439 g/mol. The summed E-state index contributed by atoms with van der Waals surface area (Å²) >= 11 is 2.67. The van der Waals surface area contributed by atoms with Crippen molar-refractivity contribution in [3.05, 3.63) is 35.1 Å². The Labute approximate surface area is 181 Å². The summed E-state index contributed by atoms with van der Waals surface area (Å²) in [6.07, 6.45) is 2.59. The monoisotopic (exact) mass is 463 g/mol. The number of aromatic carboxylic acids is 1. The molecule has 0 saturated heterocycles. The van der Waals surface area contributed by atoms with Gasteiger partial charge in [-0.15, -0.1) is 11.3 Å². The molecule has 3 atom stereocenters. The molecule has 1 fully saturated rings. The van der Waals surface area contributed by atoms with E-state index in [4.69, 9.17) is 5.11 Å². The maximum absolute atomic E-state index is 12.9. The summed E-state index contributed by atoms with van der Waals surface area (Å²) in [6.45, 7) is 1.47. The number of ketones is 1. The first-order valence-corrected chi connectivity index (χ1v) is 11.4. The van der Waals surface area contributed by atoms with E-state index in [2.05, 4.69) is 4.98 Å². The first kappa shape index (κ1) is 24.6. The maximum atomic E-state index is 12.9. The summed E-state index contributed by atoms with van der Waals surface area (Å²) in [5, 5.41) is 20.6. The molecule has 1 unspecified atom stereocenters. The van der Waals surface area contributed by atoms with Gasteiger partial charge in [-0.1, -0.05) is 23.9 Å². The molecule has 1 saturated carbocycles. The summed E-state index contributed by atoms with van der Waals surface area (Å²) in [4.78, 5) is 27.1. The third-order valence-electron chi connectivity index (χ3n) is 5.04. The molecule has 1 aromatic heterocycles. The first-order chi connectivity index (χ1) is 14.1. The van der Waals surface area contributed by atoms with Crippen LogP contribution in [0.3, 0.4) is 0 Å². The van der Waals surface area contributed by atoms with Crippen LogP contribution in [0.4, 0.5) is 13.2 Å². The van der Waals surface area contributed by atoms with Crippen molar-refractivity contribution in [1.82, 2.24) is 4.98 Å². The fourth-order valence-electron chi connectivity index (χ4n) is 3.31. The second kappa shape index (κ2) is 11.1. The number of hydrogen-bond donors (Lipinski definition) is 2. The summed E-state index contributed by atoms with van der Waals surface area (Å²) in [7, 11) is 0. The summed E-state index contributed by atoms with van der Waals surface area (Å²) in [5.41, 5.74) is -1.30. The normalized spacial score (nSPS) is 21.2. The Bertz CT molecular complexity index is 819. The number of allylic oxidation sites excluding steroid dienone is 2. The van der Waals surface area contributed by atoms with Crippen molar-refractivity contribution in [2.75, 3.05) is 5.75 Å². The van der Waals surface area contributed by atoms with E-state index in [1.807, 2.05) is 6.08 Å². The molecular formula is C20H24F3NO4S2. The molecule has 0 aromatic carbocycles. The summed E-state index contributed by atoms with van der Waals surface area (Å²) in [5.74, 6) is -1.90. The van der Waals surface area contributed by atoms with Crippen LogP contribution >= 0.6 is 23.1 Å². The van der Waals surface area contributed by atoms with Gasteiger partial charge in [0.15, 0.2) is 15.9 Å². The average Bonchev–Trinajstić information content (AvgIpc) is 3.28. The maximum Gasteiger partial charge on any atom is 0.355 e. The molecule has 2 rings (SSSR count). The van der Waals surface area contributed by atoms with Crippen molar-refractivity contribution < 1.29 is 33.0 Å². The number of aliphatic hydroxyl groups is 1. The molecule has 5 nitrogen and oxygen atoms in total. The van der Waals surface area contributed by atoms with E-state index >= 15 is 0 Å². The molecule has 30 heavy (non-hydrogen) atoms. The smallest absolute Gasteiger partial charge is 0.355 e. The van der Waals surface area contributed by atoms with Gasteiger partial charge in [-0.05, 0) is 38.5 Å². The van der Waals surface area contributed by atoms with Crippen molar-refractivity contribution in [2.45, 2.75) is 55.4 Å². The van der Waals surface area contributed by atoms with E-state index in [1.54, 1.807) is 6.08 Å². The van der Waals surface area contributed by atoms with E-state index in [1.165, 1.54) is 35.4 Å². The van der Waals surface area contributed by atoms with Crippen LogP contribution in [-0.4, -0.2) is 38.3 Å². The molecule has 166 valence electrons. The second-order valence-electron chi connectivity index (χ2n) is 7.51. The Kier molecular flexibility index (Phi) is 9.11. The number of halogens is 3. The van der Waals surface area contributed by atoms with Crippen molar-refractivity contribution in [1.29, 1.82) is 0 Å². The molecule has 1 aromatic rings. The van der Waals surface area contributed by atoms with Crippen molar-refractivity contribution in [3.63, 3.8) is 0 Å². The standard InChI is InChI=1S/C20H24F3NO4S2/c1-20(28,9-6-14(21)17(22)23)8-2-3-12-4-5-16(25)13(12)7-10-29-19-24-15(11-30-19)18(26)27/h2-3,11-13,28H,4-10H2,1H3,(H,26,27)/t12?,13-,20+/m0/s1. The minimum Gasteiger partial charge on any atom is -0.476 e. The van der Waals surface area contributed by atoms with Crippen LogP contribution in [0.5, 0.6) is 0 Å². The Morgan fingerprint density at radius 2 is 2.17 bits per heavy atom. The van der Waals surface area contributed by atoms with Crippen molar-refractivity contribution >= 4 is 34.9 Å². The van der Waals surface area contributed by atoms with Gasteiger partial charge in [0.1, 0.15) is 5.78 Å². The van der Waals surface area contributed by atoms with Gasteiger partial charge in [-0.25, -0.2) is 14.2 Å². The number of aromatic nitrogens is 1. The van der Waals surface area contributed by atoms with Crippen LogP contribution in [0, 0.1) is 11.8 Å². The zero-order valence-corrected chi connectivity index (χ0v) is 18.1. The molecule has 0 aliphatic heterocycles. The van der Waals surface area contributed by atoms with E-state index < -0.39 is 29.9 Å². The topological polar surface area (TPSA) is 87.5 Å². The van der Waals surface area contributed by atoms with Crippen LogP contribution < -0.4 is 0 Å². The quantitative estimate of drug-likeness (QED) is 0.334. The number of rotatable bonds is 11. The summed E-state index contributed by atoms with van der Waals surface area (Å²) < 4.78 is 37.8. The zero-order chi connectivity index (χ0) is 22.3. The minimum atomic E-state index is -2.36. The lowest BCUT2D eigenvalue weighted by molar-refractivity contribution is -0.121.